The van der Waals surface area contributed by atoms with Crippen molar-refractivity contribution in [2.75, 3.05) is 11.9 Å². The molecule has 1 aromatic carbocycles. The fourth-order valence-electron chi connectivity index (χ4n) is 1.40. The minimum atomic E-state index is 0.808. The summed E-state index contributed by atoms with van der Waals surface area (Å²) in [5.41, 5.74) is 1.40. The minimum absolute atomic E-state index is 0.808. The number of benzene rings is 1. The Morgan fingerprint density at radius 2 is 1.87 bits per heavy atom. The van der Waals surface area contributed by atoms with E-state index in [1.807, 2.05) is 0 Å². The van der Waals surface area contributed by atoms with Crippen LogP contribution in [0.4, 0.5) is 0 Å². The maximum atomic E-state index is 5.53. The van der Waals surface area contributed by atoms with Crippen LogP contribution in [0.25, 0.3) is 0 Å². The first-order valence-corrected chi connectivity index (χ1v) is 6.76. The lowest BCUT2D eigenvalue weighted by Gasteiger charge is -2.05. The topological polar surface area (TPSA) is 9.23 Å². The SMILES string of the molecule is CCCOc1ccc(CCCCBr)cc1. The third kappa shape index (κ3) is 5.22. The number of alkyl halides is 1. The number of aryl methyl sites for hydroxylation is 1. The predicted molar refractivity (Wildman–Crippen MR) is 69.0 cm³/mol. The minimum Gasteiger partial charge on any atom is -0.494 e. The van der Waals surface area contributed by atoms with Gasteiger partial charge in [0.15, 0.2) is 0 Å². The Hall–Kier alpha value is -0.500. The van der Waals surface area contributed by atoms with Crippen molar-refractivity contribution in [3.05, 3.63) is 29.8 Å². The largest absolute Gasteiger partial charge is 0.494 e. The van der Waals surface area contributed by atoms with Crippen LogP contribution in [0.1, 0.15) is 31.7 Å². The average molecular weight is 271 g/mol. The van der Waals surface area contributed by atoms with Gasteiger partial charge in [0.1, 0.15) is 5.75 Å². The van der Waals surface area contributed by atoms with E-state index < -0.39 is 0 Å². The van der Waals surface area contributed by atoms with E-state index in [9.17, 15) is 0 Å². The van der Waals surface area contributed by atoms with Crippen molar-refractivity contribution in [2.24, 2.45) is 0 Å². The molecule has 0 amide bonds. The Kier molecular flexibility index (Phi) is 6.49. The van der Waals surface area contributed by atoms with Crippen LogP contribution in [0.2, 0.25) is 0 Å². The third-order valence-corrected chi connectivity index (χ3v) is 2.81. The highest BCUT2D eigenvalue weighted by Crippen LogP contribution is 2.14. The molecule has 0 radical (unpaired) electrons. The fourth-order valence-corrected chi connectivity index (χ4v) is 1.79. The van der Waals surface area contributed by atoms with Crippen LogP contribution in [0.15, 0.2) is 24.3 Å². The summed E-state index contributed by atoms with van der Waals surface area (Å²) < 4.78 is 5.53. The first-order valence-electron chi connectivity index (χ1n) is 5.64. The van der Waals surface area contributed by atoms with Crippen molar-refractivity contribution in [1.82, 2.24) is 0 Å². The molecule has 84 valence electrons. The van der Waals surface area contributed by atoms with Gasteiger partial charge in [-0.25, -0.2) is 0 Å². The number of ether oxygens (including phenoxy) is 1. The van der Waals surface area contributed by atoms with Crippen LogP contribution in [-0.4, -0.2) is 11.9 Å². The van der Waals surface area contributed by atoms with Crippen molar-refractivity contribution in [2.45, 2.75) is 32.6 Å². The molecule has 0 saturated carbocycles. The van der Waals surface area contributed by atoms with Crippen molar-refractivity contribution in [1.29, 1.82) is 0 Å². The second-order valence-electron chi connectivity index (χ2n) is 3.64. The first-order chi connectivity index (χ1) is 7.36. The normalized spacial score (nSPS) is 10.3. The molecule has 0 aliphatic rings. The van der Waals surface area contributed by atoms with Crippen molar-refractivity contribution >= 4 is 15.9 Å². The summed E-state index contributed by atoms with van der Waals surface area (Å²) in [6.45, 7) is 2.93. The monoisotopic (exact) mass is 270 g/mol. The van der Waals surface area contributed by atoms with E-state index in [0.717, 1.165) is 24.1 Å². The summed E-state index contributed by atoms with van der Waals surface area (Å²) in [6.07, 6.45) is 4.72. The number of hydrogen-bond donors (Lipinski definition) is 0. The van der Waals surface area contributed by atoms with Gasteiger partial charge in [0.2, 0.25) is 0 Å². The van der Waals surface area contributed by atoms with Gasteiger partial charge < -0.3 is 4.74 Å². The molecule has 0 spiro atoms. The van der Waals surface area contributed by atoms with Gasteiger partial charge in [0.05, 0.1) is 6.61 Å². The average Bonchev–Trinajstić information content (AvgIpc) is 2.28. The van der Waals surface area contributed by atoms with E-state index >= 15 is 0 Å². The van der Waals surface area contributed by atoms with Gasteiger partial charge >= 0.3 is 0 Å². The van der Waals surface area contributed by atoms with E-state index in [0.29, 0.717) is 0 Å². The summed E-state index contributed by atoms with van der Waals surface area (Å²) >= 11 is 3.44. The first kappa shape index (κ1) is 12.6. The zero-order valence-electron chi connectivity index (χ0n) is 9.34. The van der Waals surface area contributed by atoms with Crippen LogP contribution in [0.5, 0.6) is 5.75 Å². The molecule has 0 bridgehead atoms. The quantitative estimate of drug-likeness (QED) is 0.533. The molecule has 0 aromatic heterocycles. The lowest BCUT2D eigenvalue weighted by atomic mass is 10.1. The maximum absolute atomic E-state index is 5.53. The second kappa shape index (κ2) is 7.75. The molecule has 0 atom stereocenters. The maximum Gasteiger partial charge on any atom is 0.119 e. The van der Waals surface area contributed by atoms with Gasteiger partial charge in [-0.05, 0) is 43.4 Å². The summed E-state index contributed by atoms with van der Waals surface area (Å²) in [4.78, 5) is 0. The summed E-state index contributed by atoms with van der Waals surface area (Å²) in [6, 6.07) is 8.47. The van der Waals surface area contributed by atoms with E-state index in [4.69, 9.17) is 4.74 Å². The van der Waals surface area contributed by atoms with Crippen LogP contribution in [0.3, 0.4) is 0 Å². The van der Waals surface area contributed by atoms with Gasteiger partial charge in [-0.2, -0.15) is 0 Å². The molecule has 0 N–H and O–H groups in total. The van der Waals surface area contributed by atoms with E-state index in [1.54, 1.807) is 0 Å². The van der Waals surface area contributed by atoms with Crippen LogP contribution < -0.4 is 4.74 Å². The molecule has 0 heterocycles. The zero-order chi connectivity index (χ0) is 10.9. The summed E-state index contributed by atoms with van der Waals surface area (Å²) in [5, 5.41) is 1.10. The second-order valence-corrected chi connectivity index (χ2v) is 4.43. The van der Waals surface area contributed by atoms with Gasteiger partial charge in [0.25, 0.3) is 0 Å². The standard InChI is InChI=1S/C13H19BrO/c1-2-11-15-13-8-6-12(7-9-13)5-3-4-10-14/h6-9H,2-5,10-11H2,1H3. The van der Waals surface area contributed by atoms with E-state index in [-0.39, 0.29) is 0 Å². The highest BCUT2D eigenvalue weighted by molar-refractivity contribution is 9.09. The van der Waals surface area contributed by atoms with Crippen LogP contribution in [0, 0.1) is 0 Å². The molecule has 0 unspecified atom stereocenters. The lowest BCUT2D eigenvalue weighted by molar-refractivity contribution is 0.317. The van der Waals surface area contributed by atoms with Gasteiger partial charge in [-0.15, -0.1) is 0 Å². The molecule has 1 rings (SSSR count). The Balaban J connectivity index is 2.35. The molecule has 0 fully saturated rings. The number of hydrogen-bond acceptors (Lipinski definition) is 1. The molecule has 0 saturated heterocycles. The Morgan fingerprint density at radius 1 is 1.13 bits per heavy atom. The van der Waals surface area contributed by atoms with Crippen molar-refractivity contribution in [3.8, 4) is 5.75 Å². The highest BCUT2D eigenvalue weighted by Gasteiger charge is 1.95. The molecule has 15 heavy (non-hydrogen) atoms. The van der Waals surface area contributed by atoms with Crippen LogP contribution in [-0.2, 0) is 6.42 Å². The predicted octanol–water partition coefficient (Wildman–Crippen LogP) is 4.19. The summed E-state index contributed by atoms with van der Waals surface area (Å²) in [7, 11) is 0. The van der Waals surface area contributed by atoms with Crippen molar-refractivity contribution in [3.63, 3.8) is 0 Å². The van der Waals surface area contributed by atoms with Gasteiger partial charge in [-0.3, -0.25) is 0 Å². The molecular weight excluding hydrogens is 252 g/mol. The van der Waals surface area contributed by atoms with Gasteiger partial charge in [-0.1, -0.05) is 35.0 Å². The number of unbranched alkanes of at least 4 members (excludes halogenated alkanes) is 1. The highest BCUT2D eigenvalue weighted by atomic mass is 79.9. The zero-order valence-corrected chi connectivity index (χ0v) is 10.9. The molecule has 0 aliphatic heterocycles. The lowest BCUT2D eigenvalue weighted by Crippen LogP contribution is -1.95. The summed E-state index contributed by atoms with van der Waals surface area (Å²) in [5.74, 6) is 0.987. The number of halogens is 1. The fraction of sp³-hybridized carbons (Fsp3) is 0.538. The number of rotatable bonds is 7. The van der Waals surface area contributed by atoms with E-state index in [2.05, 4.69) is 47.1 Å². The van der Waals surface area contributed by atoms with Crippen LogP contribution >= 0.6 is 15.9 Å². The molecular formula is C13H19BrO. The molecule has 1 nitrogen and oxygen atoms in total. The van der Waals surface area contributed by atoms with Gasteiger partial charge in [0, 0.05) is 5.33 Å². The molecule has 2 heteroatoms. The Labute approximate surface area is 101 Å². The van der Waals surface area contributed by atoms with Crippen molar-refractivity contribution < 1.29 is 4.74 Å². The third-order valence-electron chi connectivity index (χ3n) is 2.25. The smallest absolute Gasteiger partial charge is 0.119 e. The molecule has 1 aromatic rings. The Morgan fingerprint density at radius 3 is 2.47 bits per heavy atom. The van der Waals surface area contributed by atoms with E-state index in [1.165, 1.54) is 24.8 Å². The molecule has 0 aliphatic carbocycles. The Bertz CT molecular complexity index is 256.